The van der Waals surface area contributed by atoms with Crippen molar-refractivity contribution in [3.8, 4) is 5.75 Å². The normalized spacial score (nSPS) is 11.8. The molecule has 0 saturated heterocycles. The average Bonchev–Trinajstić information content (AvgIpc) is 2.40. The Bertz CT molecular complexity index is 598. The Balaban J connectivity index is 2.18. The van der Waals surface area contributed by atoms with Gasteiger partial charge in [-0.2, -0.15) is 5.10 Å². The standard InChI is InChI=1S/C17H20N2O/c1-17(2,3)15-11-7-8-13(16(15)20)12-18-19-14-9-5-4-6-10-14/h4-12,19-20H,1-3H3/b18-12+. The van der Waals surface area contributed by atoms with Crippen LogP contribution in [0.1, 0.15) is 31.9 Å². The van der Waals surface area contributed by atoms with Crippen molar-refractivity contribution in [1.82, 2.24) is 0 Å². The summed E-state index contributed by atoms with van der Waals surface area (Å²) in [5.74, 6) is 0.290. The van der Waals surface area contributed by atoms with Gasteiger partial charge in [0, 0.05) is 5.56 Å². The predicted octanol–water partition coefficient (Wildman–Crippen LogP) is 4.14. The lowest BCUT2D eigenvalue weighted by Gasteiger charge is -2.21. The summed E-state index contributed by atoms with van der Waals surface area (Å²) in [5.41, 5.74) is 5.38. The molecule has 0 radical (unpaired) electrons. The fourth-order valence-electron chi connectivity index (χ4n) is 1.96. The number of nitrogens with one attached hydrogen (secondary N) is 1. The third kappa shape index (κ3) is 3.38. The van der Waals surface area contributed by atoms with Gasteiger partial charge in [0.1, 0.15) is 5.75 Å². The second-order valence-electron chi connectivity index (χ2n) is 5.73. The number of nitrogens with zero attached hydrogens (tertiary/aromatic N) is 1. The topological polar surface area (TPSA) is 44.6 Å². The predicted molar refractivity (Wildman–Crippen MR) is 84.5 cm³/mol. The summed E-state index contributed by atoms with van der Waals surface area (Å²) in [6.45, 7) is 6.22. The van der Waals surface area contributed by atoms with Crippen molar-refractivity contribution in [2.24, 2.45) is 5.10 Å². The molecule has 2 rings (SSSR count). The van der Waals surface area contributed by atoms with Crippen LogP contribution in [-0.4, -0.2) is 11.3 Å². The number of benzene rings is 2. The van der Waals surface area contributed by atoms with Crippen LogP contribution in [0.5, 0.6) is 5.75 Å². The molecule has 0 aromatic heterocycles. The van der Waals surface area contributed by atoms with E-state index >= 15 is 0 Å². The van der Waals surface area contributed by atoms with Crippen LogP contribution in [0.25, 0.3) is 0 Å². The van der Waals surface area contributed by atoms with Crippen LogP contribution in [0.2, 0.25) is 0 Å². The molecule has 0 aliphatic heterocycles. The van der Waals surface area contributed by atoms with Crippen LogP contribution in [0.3, 0.4) is 0 Å². The van der Waals surface area contributed by atoms with Crippen molar-refractivity contribution < 1.29 is 5.11 Å². The smallest absolute Gasteiger partial charge is 0.128 e. The molecule has 0 spiro atoms. The zero-order valence-corrected chi connectivity index (χ0v) is 12.1. The molecule has 0 aliphatic rings. The molecule has 2 aromatic rings. The first-order valence-corrected chi connectivity index (χ1v) is 6.65. The minimum absolute atomic E-state index is 0.0964. The number of hydrogen-bond donors (Lipinski definition) is 2. The quantitative estimate of drug-likeness (QED) is 0.649. The van der Waals surface area contributed by atoms with Crippen LogP contribution in [-0.2, 0) is 5.41 Å². The Labute approximate surface area is 120 Å². The maximum absolute atomic E-state index is 10.3. The molecule has 104 valence electrons. The Morgan fingerprint density at radius 2 is 1.70 bits per heavy atom. The highest BCUT2D eigenvalue weighted by molar-refractivity contribution is 5.84. The summed E-state index contributed by atoms with van der Waals surface area (Å²) < 4.78 is 0. The van der Waals surface area contributed by atoms with Gasteiger partial charge in [-0.3, -0.25) is 5.43 Å². The molecular formula is C17H20N2O. The summed E-state index contributed by atoms with van der Waals surface area (Å²) in [7, 11) is 0. The Kier molecular flexibility index (Phi) is 4.08. The largest absolute Gasteiger partial charge is 0.507 e. The van der Waals surface area contributed by atoms with E-state index in [0.29, 0.717) is 11.3 Å². The zero-order valence-electron chi connectivity index (χ0n) is 12.1. The highest BCUT2D eigenvalue weighted by Crippen LogP contribution is 2.32. The molecule has 20 heavy (non-hydrogen) atoms. The highest BCUT2D eigenvalue weighted by atomic mass is 16.3. The van der Waals surface area contributed by atoms with E-state index in [2.05, 4.69) is 31.3 Å². The summed E-state index contributed by atoms with van der Waals surface area (Å²) in [6, 6.07) is 15.4. The highest BCUT2D eigenvalue weighted by Gasteiger charge is 2.18. The molecule has 0 saturated carbocycles. The lowest BCUT2D eigenvalue weighted by atomic mass is 9.85. The lowest BCUT2D eigenvalue weighted by molar-refractivity contribution is 0.446. The van der Waals surface area contributed by atoms with Crippen molar-refractivity contribution in [3.63, 3.8) is 0 Å². The molecule has 0 aliphatic carbocycles. The number of hydrazone groups is 1. The van der Waals surface area contributed by atoms with E-state index in [1.54, 1.807) is 6.21 Å². The Morgan fingerprint density at radius 1 is 1.00 bits per heavy atom. The Morgan fingerprint density at radius 3 is 2.35 bits per heavy atom. The van der Waals surface area contributed by atoms with Crippen LogP contribution < -0.4 is 5.43 Å². The molecule has 3 nitrogen and oxygen atoms in total. The summed E-state index contributed by atoms with van der Waals surface area (Å²) in [4.78, 5) is 0. The van der Waals surface area contributed by atoms with Gasteiger partial charge in [-0.15, -0.1) is 0 Å². The van der Waals surface area contributed by atoms with Gasteiger partial charge in [0.2, 0.25) is 0 Å². The number of aromatic hydroxyl groups is 1. The Hall–Kier alpha value is -2.29. The number of phenolic OH excluding ortho intramolecular Hbond substituents is 1. The molecular weight excluding hydrogens is 248 g/mol. The van der Waals surface area contributed by atoms with E-state index in [4.69, 9.17) is 0 Å². The minimum atomic E-state index is -0.0964. The van der Waals surface area contributed by atoms with Crippen molar-refractivity contribution in [2.75, 3.05) is 5.43 Å². The van der Waals surface area contributed by atoms with Crippen molar-refractivity contribution in [2.45, 2.75) is 26.2 Å². The number of rotatable bonds is 3. The molecule has 2 aromatic carbocycles. The summed E-state index contributed by atoms with van der Waals surface area (Å²) >= 11 is 0. The van der Waals surface area contributed by atoms with E-state index in [-0.39, 0.29) is 5.41 Å². The fourth-order valence-corrected chi connectivity index (χ4v) is 1.96. The second kappa shape index (κ2) is 5.78. The van der Waals surface area contributed by atoms with Crippen molar-refractivity contribution >= 4 is 11.9 Å². The van der Waals surface area contributed by atoms with E-state index in [9.17, 15) is 5.11 Å². The molecule has 0 bridgehead atoms. The van der Waals surface area contributed by atoms with Crippen LogP contribution >= 0.6 is 0 Å². The van der Waals surface area contributed by atoms with Gasteiger partial charge in [-0.25, -0.2) is 0 Å². The van der Waals surface area contributed by atoms with Crippen LogP contribution in [0, 0.1) is 0 Å². The van der Waals surface area contributed by atoms with Gasteiger partial charge in [-0.05, 0) is 29.2 Å². The van der Waals surface area contributed by atoms with E-state index in [0.717, 1.165) is 11.3 Å². The number of phenols is 1. The molecule has 0 amide bonds. The van der Waals surface area contributed by atoms with E-state index in [1.165, 1.54) is 0 Å². The molecule has 0 heterocycles. The number of para-hydroxylation sites is 2. The first kappa shape index (κ1) is 14.1. The number of anilines is 1. The summed E-state index contributed by atoms with van der Waals surface area (Å²) in [6.07, 6.45) is 1.64. The molecule has 2 N–H and O–H groups in total. The van der Waals surface area contributed by atoms with Gasteiger partial charge in [0.05, 0.1) is 11.9 Å². The van der Waals surface area contributed by atoms with Crippen molar-refractivity contribution in [1.29, 1.82) is 0 Å². The first-order valence-electron chi connectivity index (χ1n) is 6.65. The maximum Gasteiger partial charge on any atom is 0.128 e. The van der Waals surface area contributed by atoms with Gasteiger partial charge >= 0.3 is 0 Å². The van der Waals surface area contributed by atoms with Gasteiger partial charge in [-0.1, -0.05) is 51.1 Å². The molecule has 0 atom stereocenters. The van der Waals surface area contributed by atoms with E-state index < -0.39 is 0 Å². The third-order valence-electron chi connectivity index (χ3n) is 3.05. The maximum atomic E-state index is 10.3. The van der Waals surface area contributed by atoms with Gasteiger partial charge < -0.3 is 5.11 Å². The fraction of sp³-hybridized carbons (Fsp3) is 0.235. The van der Waals surface area contributed by atoms with Crippen LogP contribution in [0.4, 0.5) is 5.69 Å². The first-order chi connectivity index (χ1) is 9.48. The SMILES string of the molecule is CC(C)(C)c1cccc(/C=N/Nc2ccccc2)c1O. The summed E-state index contributed by atoms with van der Waals surface area (Å²) in [5, 5.41) is 14.5. The van der Waals surface area contributed by atoms with E-state index in [1.807, 2.05) is 48.5 Å². The lowest BCUT2D eigenvalue weighted by Crippen LogP contribution is -2.11. The van der Waals surface area contributed by atoms with Gasteiger partial charge in [0.15, 0.2) is 0 Å². The minimum Gasteiger partial charge on any atom is -0.507 e. The monoisotopic (exact) mass is 268 g/mol. The van der Waals surface area contributed by atoms with Crippen LogP contribution in [0.15, 0.2) is 53.6 Å². The molecule has 0 unspecified atom stereocenters. The third-order valence-corrected chi connectivity index (χ3v) is 3.05. The molecule has 0 fully saturated rings. The average molecular weight is 268 g/mol. The van der Waals surface area contributed by atoms with Crippen molar-refractivity contribution in [3.05, 3.63) is 59.7 Å². The zero-order chi connectivity index (χ0) is 14.6. The van der Waals surface area contributed by atoms with Gasteiger partial charge in [0.25, 0.3) is 0 Å². The number of hydrogen-bond acceptors (Lipinski definition) is 3. The molecule has 3 heteroatoms. The second-order valence-corrected chi connectivity index (χ2v) is 5.73.